The zero-order chi connectivity index (χ0) is 13.2. The minimum absolute atomic E-state index is 0.231. The fourth-order valence-corrected chi connectivity index (χ4v) is 2.10. The number of nitrogens with one attached hydrogen (secondary N) is 1. The number of benzene rings is 1. The Hall–Kier alpha value is -1.95. The zero-order valence-corrected chi connectivity index (χ0v) is 11.4. The molecule has 0 fully saturated rings. The lowest BCUT2D eigenvalue weighted by Crippen LogP contribution is -2.04. The highest BCUT2D eigenvalue weighted by atomic mass is 79.9. The van der Waals surface area contributed by atoms with Crippen LogP contribution in [-0.4, -0.2) is 14.6 Å². The average Bonchev–Trinajstić information content (AvgIpc) is 2.80. The predicted molar refractivity (Wildman–Crippen MR) is 74.4 cm³/mol. The first-order chi connectivity index (χ1) is 9.22. The van der Waals surface area contributed by atoms with Crippen molar-refractivity contribution in [2.24, 2.45) is 0 Å². The number of nitrogens with zero attached hydrogens (tertiary/aromatic N) is 3. The Kier molecular flexibility index (Phi) is 3.16. The molecule has 0 spiro atoms. The highest BCUT2D eigenvalue weighted by molar-refractivity contribution is 9.10. The number of aromatic nitrogens is 3. The number of halogens is 2. The lowest BCUT2D eigenvalue weighted by Gasteiger charge is -2.06. The van der Waals surface area contributed by atoms with E-state index in [0.717, 1.165) is 21.6 Å². The molecule has 0 atom stereocenters. The van der Waals surface area contributed by atoms with Gasteiger partial charge < -0.3 is 5.32 Å². The van der Waals surface area contributed by atoms with Gasteiger partial charge in [-0.05, 0) is 45.8 Å². The van der Waals surface area contributed by atoms with E-state index in [1.165, 1.54) is 12.1 Å². The van der Waals surface area contributed by atoms with Gasteiger partial charge in [0.15, 0.2) is 5.65 Å². The van der Waals surface area contributed by atoms with Crippen LogP contribution < -0.4 is 5.32 Å². The first-order valence-electron chi connectivity index (χ1n) is 5.71. The van der Waals surface area contributed by atoms with Gasteiger partial charge in [-0.2, -0.15) is 0 Å². The summed E-state index contributed by atoms with van der Waals surface area (Å²) < 4.78 is 15.3. The van der Waals surface area contributed by atoms with Crippen LogP contribution in [0.1, 0.15) is 5.56 Å². The highest BCUT2D eigenvalue weighted by Crippen LogP contribution is 2.14. The van der Waals surface area contributed by atoms with Gasteiger partial charge in [0.2, 0.25) is 0 Å². The van der Waals surface area contributed by atoms with E-state index in [9.17, 15) is 4.39 Å². The molecule has 2 aromatic heterocycles. The molecule has 4 nitrogen and oxygen atoms in total. The number of hydrogen-bond acceptors (Lipinski definition) is 3. The van der Waals surface area contributed by atoms with Crippen LogP contribution in [0.3, 0.4) is 0 Å². The first kappa shape index (κ1) is 12.1. The second kappa shape index (κ2) is 4.97. The third-order valence-electron chi connectivity index (χ3n) is 2.71. The van der Waals surface area contributed by atoms with Crippen molar-refractivity contribution in [3.05, 3.63) is 58.6 Å². The third-order valence-corrected chi connectivity index (χ3v) is 3.25. The summed E-state index contributed by atoms with van der Waals surface area (Å²) in [5, 5.41) is 7.58. The van der Waals surface area contributed by atoms with Crippen molar-refractivity contribution in [1.29, 1.82) is 0 Å². The molecule has 0 saturated heterocycles. The second-order valence-electron chi connectivity index (χ2n) is 4.05. The Morgan fingerprint density at radius 2 is 1.95 bits per heavy atom. The highest BCUT2D eigenvalue weighted by Gasteiger charge is 2.02. The molecule has 96 valence electrons. The van der Waals surface area contributed by atoms with Gasteiger partial charge in [0.1, 0.15) is 16.2 Å². The molecule has 0 aliphatic carbocycles. The van der Waals surface area contributed by atoms with Crippen LogP contribution in [0.2, 0.25) is 0 Å². The fourth-order valence-electron chi connectivity index (χ4n) is 1.73. The Labute approximate surface area is 117 Å². The molecular formula is C13H10BrFN4. The molecule has 6 heteroatoms. The molecule has 0 bridgehead atoms. The first-order valence-corrected chi connectivity index (χ1v) is 6.50. The summed E-state index contributed by atoms with van der Waals surface area (Å²) in [5.74, 6) is 0.501. The molecule has 3 aromatic rings. The molecule has 0 saturated carbocycles. The quantitative estimate of drug-likeness (QED) is 0.805. The van der Waals surface area contributed by atoms with Gasteiger partial charge in [-0.15, -0.1) is 5.10 Å². The van der Waals surface area contributed by atoms with Gasteiger partial charge in [-0.25, -0.2) is 13.9 Å². The molecule has 1 aromatic carbocycles. The summed E-state index contributed by atoms with van der Waals surface area (Å²) in [4.78, 5) is 4.17. The molecule has 1 N–H and O–H groups in total. The maximum Gasteiger partial charge on any atom is 0.154 e. The normalized spacial score (nSPS) is 10.8. The number of anilines is 1. The van der Waals surface area contributed by atoms with Gasteiger partial charge in [0.05, 0.1) is 6.20 Å². The summed E-state index contributed by atoms with van der Waals surface area (Å²) in [6.45, 7) is 0.588. The molecular weight excluding hydrogens is 311 g/mol. The van der Waals surface area contributed by atoms with Crippen molar-refractivity contribution in [3.8, 4) is 0 Å². The summed E-state index contributed by atoms with van der Waals surface area (Å²) in [7, 11) is 0. The number of imidazole rings is 1. The van der Waals surface area contributed by atoms with E-state index in [2.05, 4.69) is 31.3 Å². The van der Waals surface area contributed by atoms with E-state index < -0.39 is 0 Å². The van der Waals surface area contributed by atoms with E-state index in [-0.39, 0.29) is 5.82 Å². The molecule has 0 aliphatic heterocycles. The molecule has 0 amide bonds. The van der Waals surface area contributed by atoms with Crippen molar-refractivity contribution in [2.75, 3.05) is 5.32 Å². The largest absolute Gasteiger partial charge is 0.365 e. The molecule has 3 rings (SSSR count). The Morgan fingerprint density at radius 3 is 2.74 bits per heavy atom. The smallest absolute Gasteiger partial charge is 0.154 e. The molecule has 19 heavy (non-hydrogen) atoms. The topological polar surface area (TPSA) is 42.2 Å². The lowest BCUT2D eigenvalue weighted by molar-refractivity contribution is 0.627. The van der Waals surface area contributed by atoms with Crippen LogP contribution in [-0.2, 0) is 6.54 Å². The van der Waals surface area contributed by atoms with Crippen molar-refractivity contribution >= 4 is 27.4 Å². The van der Waals surface area contributed by atoms with Crippen LogP contribution >= 0.6 is 15.9 Å². The molecule has 0 unspecified atom stereocenters. The van der Waals surface area contributed by atoms with Gasteiger partial charge >= 0.3 is 0 Å². The van der Waals surface area contributed by atoms with Crippen molar-refractivity contribution < 1.29 is 4.39 Å². The van der Waals surface area contributed by atoms with E-state index in [0.29, 0.717) is 6.54 Å². The van der Waals surface area contributed by atoms with Crippen LogP contribution in [0.15, 0.2) is 47.2 Å². The molecule has 2 heterocycles. The third kappa shape index (κ3) is 2.58. The molecule has 0 aliphatic rings. The summed E-state index contributed by atoms with van der Waals surface area (Å²) in [6, 6.07) is 10.1. The zero-order valence-electron chi connectivity index (χ0n) is 9.85. The minimum atomic E-state index is -0.231. The van der Waals surface area contributed by atoms with Crippen LogP contribution in [0.5, 0.6) is 0 Å². The number of rotatable bonds is 3. The summed E-state index contributed by atoms with van der Waals surface area (Å²) in [6.07, 6.45) is 1.70. The number of fused-ring (bicyclic) bond motifs is 1. The maximum absolute atomic E-state index is 12.8. The van der Waals surface area contributed by atoms with Crippen LogP contribution in [0.4, 0.5) is 10.2 Å². The fraction of sp³-hybridized carbons (Fsp3) is 0.0769. The van der Waals surface area contributed by atoms with Crippen molar-refractivity contribution in [3.63, 3.8) is 0 Å². The average molecular weight is 321 g/mol. The summed E-state index contributed by atoms with van der Waals surface area (Å²) in [5.41, 5.74) is 1.77. The maximum atomic E-state index is 12.8. The van der Waals surface area contributed by atoms with Gasteiger partial charge in [-0.1, -0.05) is 12.1 Å². The summed E-state index contributed by atoms with van der Waals surface area (Å²) >= 11 is 3.37. The van der Waals surface area contributed by atoms with Crippen LogP contribution in [0.25, 0.3) is 5.65 Å². The Morgan fingerprint density at radius 1 is 1.16 bits per heavy atom. The minimum Gasteiger partial charge on any atom is -0.365 e. The van der Waals surface area contributed by atoms with Crippen LogP contribution in [0, 0.1) is 5.82 Å². The van der Waals surface area contributed by atoms with E-state index in [1.54, 1.807) is 22.8 Å². The van der Waals surface area contributed by atoms with Crippen molar-refractivity contribution in [2.45, 2.75) is 6.54 Å². The van der Waals surface area contributed by atoms with Gasteiger partial charge in [0, 0.05) is 6.54 Å². The van der Waals surface area contributed by atoms with Crippen molar-refractivity contribution in [1.82, 2.24) is 14.6 Å². The SMILES string of the molecule is Fc1ccc(CNc2ccc3ncc(Br)n3n2)cc1. The predicted octanol–water partition coefficient (Wildman–Crippen LogP) is 3.24. The van der Waals surface area contributed by atoms with E-state index >= 15 is 0 Å². The Bertz CT molecular complexity index is 708. The standard InChI is InChI=1S/C13H10BrFN4/c14-11-8-17-13-6-5-12(18-19(11)13)16-7-9-1-3-10(15)4-2-9/h1-6,8H,7H2,(H,16,18). The lowest BCUT2D eigenvalue weighted by atomic mass is 10.2. The van der Waals surface area contributed by atoms with Gasteiger partial charge in [0.25, 0.3) is 0 Å². The second-order valence-corrected chi connectivity index (χ2v) is 4.86. The van der Waals surface area contributed by atoms with E-state index in [4.69, 9.17) is 0 Å². The van der Waals surface area contributed by atoms with E-state index in [1.807, 2.05) is 12.1 Å². The van der Waals surface area contributed by atoms with Gasteiger partial charge in [-0.3, -0.25) is 0 Å². The Balaban J connectivity index is 1.77. The monoisotopic (exact) mass is 320 g/mol. The molecule has 0 radical (unpaired) electrons. The number of hydrogen-bond donors (Lipinski definition) is 1.